The number of carboxylic acid groups (broad SMARTS) is 1. The van der Waals surface area contributed by atoms with Gasteiger partial charge in [0.2, 0.25) is 0 Å². The number of nitrogens with one attached hydrogen (secondary N) is 2. The van der Waals surface area contributed by atoms with E-state index in [1.807, 2.05) is 61.5 Å². The lowest BCUT2D eigenvalue weighted by molar-refractivity contribution is -0.144. The van der Waals surface area contributed by atoms with Crippen LogP contribution in [-0.2, 0) is 11.3 Å². The third-order valence-corrected chi connectivity index (χ3v) is 5.91. The van der Waals surface area contributed by atoms with Crippen molar-refractivity contribution in [3.05, 3.63) is 83.4 Å². The quantitative estimate of drug-likeness (QED) is 0.463. The molecule has 1 heterocycles. The van der Waals surface area contributed by atoms with Crippen LogP contribution < -0.4 is 10.6 Å². The van der Waals surface area contributed by atoms with Crippen molar-refractivity contribution in [2.24, 2.45) is 5.92 Å². The molecule has 4 rings (SSSR count). The minimum atomic E-state index is -0.995. The first-order valence-corrected chi connectivity index (χ1v) is 11.1. The van der Waals surface area contributed by atoms with Crippen LogP contribution in [0.3, 0.4) is 0 Å². The number of carboxylic acids is 1. The minimum absolute atomic E-state index is 0.196. The second kappa shape index (κ2) is 9.39. The van der Waals surface area contributed by atoms with Gasteiger partial charge in [0.1, 0.15) is 6.04 Å². The molecule has 0 spiro atoms. The van der Waals surface area contributed by atoms with Gasteiger partial charge in [0.25, 0.3) is 5.91 Å². The van der Waals surface area contributed by atoms with E-state index in [0.717, 1.165) is 22.3 Å². The monoisotopic (exact) mass is 457 g/mol. The molecule has 0 saturated carbocycles. The molecule has 0 unspecified atom stereocenters. The molecule has 1 aliphatic rings. The number of carbonyl (C=O) groups excluding carboxylic acids is 2. The summed E-state index contributed by atoms with van der Waals surface area (Å²) >= 11 is 0. The average molecular weight is 458 g/mol. The van der Waals surface area contributed by atoms with Crippen LogP contribution in [0.25, 0.3) is 11.1 Å². The van der Waals surface area contributed by atoms with Gasteiger partial charge in [0, 0.05) is 23.5 Å². The van der Waals surface area contributed by atoms with Crippen molar-refractivity contribution < 1.29 is 19.5 Å². The van der Waals surface area contributed by atoms with Crippen molar-refractivity contribution in [3.63, 3.8) is 0 Å². The van der Waals surface area contributed by atoms with Gasteiger partial charge in [-0.3, -0.25) is 4.79 Å². The second-order valence-corrected chi connectivity index (χ2v) is 8.86. The van der Waals surface area contributed by atoms with Crippen LogP contribution in [0, 0.1) is 12.8 Å². The summed E-state index contributed by atoms with van der Waals surface area (Å²) in [5.41, 5.74) is 5.50. The highest BCUT2D eigenvalue weighted by Gasteiger charge is 2.38. The Bertz CT molecular complexity index is 1250. The number of fused-ring (bicyclic) bond motifs is 1. The van der Waals surface area contributed by atoms with E-state index in [2.05, 4.69) is 10.6 Å². The van der Waals surface area contributed by atoms with Crippen molar-refractivity contribution in [1.29, 1.82) is 0 Å². The van der Waals surface area contributed by atoms with Crippen LogP contribution in [0.1, 0.15) is 35.3 Å². The van der Waals surface area contributed by atoms with Gasteiger partial charge in [-0.25, -0.2) is 9.59 Å². The van der Waals surface area contributed by atoms with Gasteiger partial charge in [0.05, 0.1) is 0 Å². The highest BCUT2D eigenvalue weighted by Crippen LogP contribution is 2.31. The Labute approximate surface area is 198 Å². The molecule has 3 aromatic rings. The van der Waals surface area contributed by atoms with Crippen LogP contribution in [-0.4, -0.2) is 34.0 Å². The van der Waals surface area contributed by atoms with Gasteiger partial charge in [0.15, 0.2) is 0 Å². The molecule has 0 aliphatic carbocycles. The second-order valence-electron chi connectivity index (χ2n) is 8.86. The molecule has 34 heavy (non-hydrogen) atoms. The maximum atomic E-state index is 13.0. The Kier molecular flexibility index (Phi) is 6.36. The number of rotatable bonds is 6. The number of anilines is 2. The molecule has 7 nitrogen and oxygen atoms in total. The first kappa shape index (κ1) is 23.0. The molecule has 0 aromatic heterocycles. The van der Waals surface area contributed by atoms with Gasteiger partial charge in [-0.1, -0.05) is 50.2 Å². The number of nitrogens with zero attached hydrogens (tertiary/aromatic N) is 1. The van der Waals surface area contributed by atoms with E-state index in [4.69, 9.17) is 0 Å². The normalized spacial score (nSPS) is 13.5. The van der Waals surface area contributed by atoms with Crippen molar-refractivity contribution in [1.82, 2.24) is 4.90 Å². The predicted octanol–water partition coefficient (Wildman–Crippen LogP) is 5.37. The molecule has 1 atom stereocenters. The minimum Gasteiger partial charge on any atom is -0.480 e. The van der Waals surface area contributed by atoms with Gasteiger partial charge in [-0.15, -0.1) is 0 Å². The number of urea groups is 1. The van der Waals surface area contributed by atoms with Crippen molar-refractivity contribution in [2.75, 3.05) is 10.6 Å². The Morgan fingerprint density at radius 1 is 0.912 bits per heavy atom. The summed E-state index contributed by atoms with van der Waals surface area (Å²) in [6.07, 6.45) is 0. The molecule has 3 N–H and O–H groups in total. The van der Waals surface area contributed by atoms with E-state index >= 15 is 0 Å². The summed E-state index contributed by atoms with van der Waals surface area (Å²) in [6, 6.07) is 19.3. The zero-order valence-corrected chi connectivity index (χ0v) is 19.3. The topological polar surface area (TPSA) is 98.7 Å². The molecule has 7 heteroatoms. The largest absolute Gasteiger partial charge is 0.480 e. The molecule has 0 radical (unpaired) electrons. The molecular weight excluding hydrogens is 430 g/mol. The summed E-state index contributed by atoms with van der Waals surface area (Å²) in [5.74, 6) is -1.45. The maximum absolute atomic E-state index is 13.0. The van der Waals surface area contributed by atoms with Crippen LogP contribution in [0.4, 0.5) is 16.2 Å². The fraction of sp³-hybridized carbons (Fsp3) is 0.222. The Balaban J connectivity index is 1.47. The van der Waals surface area contributed by atoms with Crippen LogP contribution in [0.2, 0.25) is 0 Å². The Morgan fingerprint density at radius 3 is 2.24 bits per heavy atom. The molecule has 1 aliphatic heterocycles. The highest BCUT2D eigenvalue weighted by molar-refractivity contribution is 6.02. The lowest BCUT2D eigenvalue weighted by Gasteiger charge is -2.27. The molecule has 3 amide bonds. The van der Waals surface area contributed by atoms with Gasteiger partial charge < -0.3 is 20.6 Å². The highest BCUT2D eigenvalue weighted by atomic mass is 16.4. The summed E-state index contributed by atoms with van der Waals surface area (Å²) in [7, 11) is 0. The average Bonchev–Trinajstić information content (AvgIpc) is 3.09. The first-order valence-electron chi connectivity index (χ1n) is 11.1. The number of hydrogen-bond donors (Lipinski definition) is 3. The molecular formula is C27H27N3O4. The lowest BCUT2D eigenvalue weighted by Crippen LogP contribution is -2.44. The fourth-order valence-electron chi connectivity index (χ4n) is 4.27. The number of benzene rings is 3. The third kappa shape index (κ3) is 4.78. The molecule has 0 saturated heterocycles. The van der Waals surface area contributed by atoms with Crippen molar-refractivity contribution in [2.45, 2.75) is 33.4 Å². The third-order valence-electron chi connectivity index (χ3n) is 5.91. The summed E-state index contributed by atoms with van der Waals surface area (Å²) in [6.45, 7) is 5.86. The standard InChI is InChI=1S/C27H27N3O4/c1-16(2)24(26(32)33)30-15-20-8-7-19(14-23(20)25(30)31)18-9-11-21(12-10-18)28-27(34)29-22-6-4-5-17(3)13-22/h4-14,16,24H,15H2,1-3H3,(H,32,33)(H2,28,29,34)/t24-/m0/s1. The fourth-order valence-corrected chi connectivity index (χ4v) is 4.27. The number of amides is 3. The van der Waals surface area contributed by atoms with E-state index in [9.17, 15) is 19.5 Å². The Morgan fingerprint density at radius 2 is 1.59 bits per heavy atom. The van der Waals surface area contributed by atoms with E-state index in [1.165, 1.54) is 4.90 Å². The molecule has 0 fully saturated rings. The van der Waals surface area contributed by atoms with Crippen LogP contribution >= 0.6 is 0 Å². The van der Waals surface area contributed by atoms with Gasteiger partial charge in [-0.05, 0) is 65.4 Å². The SMILES string of the molecule is Cc1cccc(NC(=O)Nc2ccc(-c3ccc4c(c3)C(=O)N([C@H](C(=O)O)C(C)C)C4)cc2)c1. The molecule has 3 aromatic carbocycles. The van der Waals surface area contributed by atoms with Crippen LogP contribution in [0.5, 0.6) is 0 Å². The predicted molar refractivity (Wildman–Crippen MR) is 132 cm³/mol. The zero-order valence-electron chi connectivity index (χ0n) is 19.3. The van der Waals surface area contributed by atoms with E-state index < -0.39 is 12.0 Å². The van der Waals surface area contributed by atoms with E-state index in [0.29, 0.717) is 23.5 Å². The summed E-state index contributed by atoms with van der Waals surface area (Å²) in [5, 5.41) is 15.2. The Hall–Kier alpha value is -4.13. The molecule has 0 bridgehead atoms. The summed E-state index contributed by atoms with van der Waals surface area (Å²) in [4.78, 5) is 38.4. The zero-order chi connectivity index (χ0) is 24.4. The maximum Gasteiger partial charge on any atom is 0.326 e. The number of hydrogen-bond acceptors (Lipinski definition) is 3. The number of carbonyl (C=O) groups is 3. The van der Waals surface area contributed by atoms with Crippen molar-refractivity contribution >= 4 is 29.3 Å². The van der Waals surface area contributed by atoms with Crippen molar-refractivity contribution in [3.8, 4) is 11.1 Å². The summed E-state index contributed by atoms with van der Waals surface area (Å²) < 4.78 is 0. The van der Waals surface area contributed by atoms with Crippen LogP contribution in [0.15, 0.2) is 66.7 Å². The number of aryl methyl sites for hydroxylation is 1. The first-order chi connectivity index (χ1) is 16.2. The smallest absolute Gasteiger partial charge is 0.326 e. The van der Waals surface area contributed by atoms with E-state index in [-0.39, 0.29) is 17.9 Å². The lowest BCUT2D eigenvalue weighted by atomic mass is 10.00. The van der Waals surface area contributed by atoms with Gasteiger partial charge in [-0.2, -0.15) is 0 Å². The van der Waals surface area contributed by atoms with E-state index in [1.54, 1.807) is 26.0 Å². The molecule has 174 valence electrons. The van der Waals surface area contributed by atoms with Gasteiger partial charge >= 0.3 is 12.0 Å². The number of aliphatic carboxylic acids is 1.